The molecule has 0 aliphatic carbocycles. The van der Waals surface area contributed by atoms with E-state index < -0.39 is 0 Å². The van der Waals surface area contributed by atoms with Gasteiger partial charge in [0.1, 0.15) is 0 Å². The minimum atomic E-state index is -0.381. The van der Waals surface area contributed by atoms with E-state index in [-0.39, 0.29) is 11.0 Å². The maximum Gasteiger partial charge on any atom is 0.340 e. The fraction of sp³-hybridized carbons (Fsp3) is 0.111. The number of alkyl halides is 1. The number of halogens is 1. The van der Waals surface area contributed by atoms with E-state index in [0.29, 0.717) is 11.1 Å². The largest absolute Gasteiger partial charge is 0.442 e. The van der Waals surface area contributed by atoms with E-state index in [1.165, 1.54) is 0 Å². The van der Waals surface area contributed by atoms with E-state index in [1.807, 2.05) is 6.07 Å². The van der Waals surface area contributed by atoms with E-state index in [1.54, 1.807) is 18.2 Å². The number of carbonyl (C=O) groups excluding carboxylic acids is 1. The summed E-state index contributed by atoms with van der Waals surface area (Å²) < 4.78 is 4.90. The molecule has 0 fully saturated rings. The molecule has 0 aromatic heterocycles. The molecule has 1 aliphatic heterocycles. The summed E-state index contributed by atoms with van der Waals surface area (Å²) in [6.45, 7) is 0. The van der Waals surface area contributed by atoms with Crippen LogP contribution in [0.25, 0.3) is 0 Å². The van der Waals surface area contributed by atoms with Gasteiger partial charge in [-0.3, -0.25) is 0 Å². The predicted octanol–water partition coefficient (Wildman–Crippen LogP) is 2.12. The average Bonchev–Trinajstić information content (AvgIpc) is 2.42. The molecule has 0 spiro atoms. The number of nitrogens with zero attached hydrogens (tertiary/aromatic N) is 1. The molecule has 64 valence electrons. The third-order valence-corrected chi connectivity index (χ3v) is 2.54. The van der Waals surface area contributed by atoms with E-state index in [2.05, 4.69) is 15.9 Å². The van der Waals surface area contributed by atoms with Gasteiger partial charge in [0.25, 0.3) is 0 Å². The second kappa shape index (κ2) is 2.86. The number of rotatable bonds is 0. The highest BCUT2D eigenvalue weighted by Crippen LogP contribution is 2.35. The maximum absolute atomic E-state index is 11.2. The van der Waals surface area contributed by atoms with Crippen LogP contribution in [-0.4, -0.2) is 5.97 Å². The van der Waals surface area contributed by atoms with E-state index in [0.717, 1.165) is 5.56 Å². The summed E-state index contributed by atoms with van der Waals surface area (Å²) in [6.07, 6.45) is 0. The van der Waals surface area contributed by atoms with Crippen molar-refractivity contribution in [1.82, 2.24) is 0 Å². The van der Waals surface area contributed by atoms with Crippen molar-refractivity contribution in [2.24, 2.45) is 0 Å². The van der Waals surface area contributed by atoms with Gasteiger partial charge in [0.15, 0.2) is 5.01 Å². The van der Waals surface area contributed by atoms with Gasteiger partial charge >= 0.3 is 5.97 Å². The molecule has 3 nitrogen and oxygen atoms in total. The Morgan fingerprint density at radius 3 is 3.00 bits per heavy atom. The molecule has 2 rings (SSSR count). The second-order valence-corrected chi connectivity index (χ2v) is 3.47. The monoisotopic (exact) mass is 237 g/mol. The Morgan fingerprint density at radius 1 is 1.54 bits per heavy atom. The van der Waals surface area contributed by atoms with Gasteiger partial charge in [-0.15, -0.1) is 0 Å². The fourth-order valence-electron chi connectivity index (χ4n) is 1.22. The van der Waals surface area contributed by atoms with Gasteiger partial charge in [0.2, 0.25) is 0 Å². The van der Waals surface area contributed by atoms with Crippen molar-refractivity contribution in [3.63, 3.8) is 0 Å². The molecule has 1 heterocycles. The van der Waals surface area contributed by atoms with Crippen molar-refractivity contribution < 1.29 is 9.53 Å². The van der Waals surface area contributed by atoms with E-state index >= 15 is 0 Å². The van der Waals surface area contributed by atoms with Crippen LogP contribution in [0.5, 0.6) is 0 Å². The first-order chi connectivity index (χ1) is 6.22. The highest BCUT2D eigenvalue weighted by atomic mass is 79.9. The van der Waals surface area contributed by atoms with Gasteiger partial charge in [0, 0.05) is 5.56 Å². The quantitative estimate of drug-likeness (QED) is 0.513. The zero-order valence-electron chi connectivity index (χ0n) is 6.45. The zero-order valence-corrected chi connectivity index (χ0v) is 8.04. The highest BCUT2D eigenvalue weighted by molar-refractivity contribution is 9.09. The number of esters is 1. The molecule has 1 unspecified atom stereocenters. The molecule has 4 heteroatoms. The minimum Gasteiger partial charge on any atom is -0.442 e. The SMILES string of the molecule is N#Cc1ccc2c(c1)C(=O)OC2Br. The van der Waals surface area contributed by atoms with Gasteiger partial charge in [0.05, 0.1) is 17.2 Å². The van der Waals surface area contributed by atoms with E-state index in [4.69, 9.17) is 10.00 Å². The van der Waals surface area contributed by atoms with Crippen LogP contribution in [-0.2, 0) is 4.74 Å². The number of cyclic esters (lactones) is 1. The van der Waals surface area contributed by atoms with Crippen LogP contribution in [0, 0.1) is 11.3 Å². The molecule has 0 saturated heterocycles. The Hall–Kier alpha value is -1.34. The number of carbonyl (C=O) groups is 1. The number of nitriles is 1. The lowest BCUT2D eigenvalue weighted by Gasteiger charge is -1.98. The Balaban J connectivity index is 2.60. The summed E-state index contributed by atoms with van der Waals surface area (Å²) in [5.41, 5.74) is 1.72. The topological polar surface area (TPSA) is 50.1 Å². The molecule has 1 aliphatic rings. The number of fused-ring (bicyclic) bond motifs is 1. The average molecular weight is 238 g/mol. The predicted molar refractivity (Wildman–Crippen MR) is 48.2 cm³/mol. The van der Waals surface area contributed by atoms with Crippen molar-refractivity contribution in [1.29, 1.82) is 5.26 Å². The lowest BCUT2D eigenvalue weighted by Crippen LogP contribution is -1.93. The molecular formula is C9H4BrNO2. The van der Waals surface area contributed by atoms with Crippen LogP contribution in [0.2, 0.25) is 0 Å². The van der Waals surface area contributed by atoms with Crippen LogP contribution >= 0.6 is 15.9 Å². The second-order valence-electron chi connectivity index (χ2n) is 2.64. The van der Waals surface area contributed by atoms with Gasteiger partial charge < -0.3 is 4.74 Å². The Bertz CT molecular complexity index is 422. The van der Waals surface area contributed by atoms with Crippen molar-refractivity contribution in [2.45, 2.75) is 5.01 Å². The van der Waals surface area contributed by atoms with Gasteiger partial charge in [-0.1, -0.05) is 6.07 Å². The summed E-state index contributed by atoms with van der Waals surface area (Å²) in [5.74, 6) is -0.381. The first-order valence-electron chi connectivity index (χ1n) is 3.61. The fourth-order valence-corrected chi connectivity index (χ4v) is 1.79. The van der Waals surface area contributed by atoms with Crippen LogP contribution in [0.1, 0.15) is 26.5 Å². The molecule has 0 radical (unpaired) electrons. The van der Waals surface area contributed by atoms with Crippen molar-refractivity contribution >= 4 is 21.9 Å². The van der Waals surface area contributed by atoms with Crippen molar-refractivity contribution in [2.75, 3.05) is 0 Å². The van der Waals surface area contributed by atoms with E-state index in [9.17, 15) is 4.79 Å². The van der Waals surface area contributed by atoms with Gasteiger partial charge in [-0.05, 0) is 28.1 Å². The molecule has 1 atom stereocenters. The first-order valence-corrected chi connectivity index (χ1v) is 4.53. The summed E-state index contributed by atoms with van der Waals surface area (Å²) in [6, 6.07) is 6.89. The normalized spacial score (nSPS) is 19.1. The summed E-state index contributed by atoms with van der Waals surface area (Å²) >= 11 is 3.20. The minimum absolute atomic E-state index is 0.372. The molecule has 1 aromatic carbocycles. The van der Waals surface area contributed by atoms with Crippen LogP contribution < -0.4 is 0 Å². The number of ether oxygens (including phenoxy) is 1. The lowest BCUT2D eigenvalue weighted by molar-refractivity contribution is 0.0530. The maximum atomic E-state index is 11.2. The third-order valence-electron chi connectivity index (χ3n) is 1.86. The number of hydrogen-bond donors (Lipinski definition) is 0. The van der Waals surface area contributed by atoms with Crippen LogP contribution in [0.4, 0.5) is 0 Å². The summed E-state index contributed by atoms with van der Waals surface area (Å²) in [7, 11) is 0. The molecule has 0 amide bonds. The summed E-state index contributed by atoms with van der Waals surface area (Å²) in [4.78, 5) is 11.2. The first kappa shape index (κ1) is 8.27. The van der Waals surface area contributed by atoms with Crippen LogP contribution in [0.3, 0.4) is 0 Å². The standard InChI is InChI=1S/C9H4BrNO2/c10-8-6-2-1-5(4-11)3-7(6)9(12)13-8/h1-3,8H. The molecule has 0 saturated carbocycles. The van der Waals surface area contributed by atoms with Crippen LogP contribution in [0.15, 0.2) is 18.2 Å². The van der Waals surface area contributed by atoms with Gasteiger partial charge in [-0.2, -0.15) is 5.26 Å². The molecule has 0 N–H and O–H groups in total. The Kier molecular flexibility index (Phi) is 1.82. The molecule has 13 heavy (non-hydrogen) atoms. The smallest absolute Gasteiger partial charge is 0.340 e. The summed E-state index contributed by atoms with van der Waals surface area (Å²) in [5, 5.41) is 8.23. The Labute approximate surface area is 83.1 Å². The molecular weight excluding hydrogens is 234 g/mol. The molecule has 1 aromatic rings. The third kappa shape index (κ3) is 1.21. The number of benzene rings is 1. The van der Waals surface area contributed by atoms with Gasteiger partial charge in [-0.25, -0.2) is 4.79 Å². The Morgan fingerprint density at radius 2 is 2.31 bits per heavy atom. The van der Waals surface area contributed by atoms with Crippen molar-refractivity contribution in [3.8, 4) is 6.07 Å². The molecule has 0 bridgehead atoms. The zero-order chi connectivity index (χ0) is 9.42. The van der Waals surface area contributed by atoms with Crippen molar-refractivity contribution in [3.05, 3.63) is 34.9 Å². The number of hydrogen-bond acceptors (Lipinski definition) is 3. The highest BCUT2D eigenvalue weighted by Gasteiger charge is 2.28. The lowest BCUT2D eigenvalue weighted by atomic mass is 10.1.